The summed E-state index contributed by atoms with van der Waals surface area (Å²) in [5.74, 6) is 2.42. The fraction of sp³-hybridized carbons (Fsp3) is 0.148. The zero-order valence-corrected chi connectivity index (χ0v) is 18.3. The van der Waals surface area contributed by atoms with Crippen molar-refractivity contribution < 1.29 is 5.32 Å². The van der Waals surface area contributed by atoms with Gasteiger partial charge in [0.1, 0.15) is 0 Å². The zero-order chi connectivity index (χ0) is 21.9. The predicted molar refractivity (Wildman–Crippen MR) is 132 cm³/mol. The van der Waals surface area contributed by atoms with Gasteiger partial charge in [0.05, 0.1) is 16.9 Å². The minimum absolute atomic E-state index is 0.271. The van der Waals surface area contributed by atoms with E-state index >= 15 is 0 Å². The number of aliphatic imine (C=N–C) groups is 1. The Hall–Kier alpha value is -3.83. The Bertz CT molecular complexity index is 1320. The molecule has 0 aliphatic carbocycles. The quantitative estimate of drug-likeness (QED) is 0.456. The summed E-state index contributed by atoms with van der Waals surface area (Å²) in [6.45, 7) is 4.31. The van der Waals surface area contributed by atoms with E-state index in [0.29, 0.717) is 5.95 Å². The molecule has 158 valence electrons. The van der Waals surface area contributed by atoms with Crippen molar-refractivity contribution in [3.63, 3.8) is 0 Å². The first-order valence-corrected chi connectivity index (χ1v) is 11.0. The molecule has 3 aromatic carbocycles. The Morgan fingerprint density at radius 1 is 0.875 bits per heavy atom. The first kappa shape index (κ1) is 20.1. The van der Waals surface area contributed by atoms with Crippen LogP contribution in [-0.4, -0.2) is 21.8 Å². The topological polar surface area (TPSA) is 66.8 Å². The van der Waals surface area contributed by atoms with Gasteiger partial charge in [0, 0.05) is 11.8 Å². The Morgan fingerprint density at radius 3 is 2.47 bits per heavy atom. The van der Waals surface area contributed by atoms with Gasteiger partial charge in [-0.15, -0.1) is 0 Å². The standard InChI is InChI=1S/C27H25N5/c1-3-23-18(2)16-25(29-23)31-26-22-14-7-8-15-24(22)30-27(32-26)28-21-13-9-12-20(17-21)19-10-5-4-6-11-19/h4-17,23H,3H2,1-2H3,(H2,28,29,30,31,32)/p+1/t23-/m0/s1. The fourth-order valence-corrected chi connectivity index (χ4v) is 4.08. The average molecular weight is 421 g/mol. The van der Waals surface area contributed by atoms with Crippen molar-refractivity contribution >= 4 is 34.2 Å². The highest BCUT2D eigenvalue weighted by Gasteiger charge is 2.21. The molecule has 0 saturated carbocycles. The lowest BCUT2D eigenvalue weighted by atomic mass is 10.1. The third-order valence-corrected chi connectivity index (χ3v) is 5.74. The molecule has 4 aromatic rings. The van der Waals surface area contributed by atoms with Gasteiger partial charge in [-0.25, -0.2) is 15.3 Å². The summed E-state index contributed by atoms with van der Waals surface area (Å²) in [7, 11) is 0. The molecule has 1 aromatic heterocycles. The lowest BCUT2D eigenvalue weighted by molar-refractivity contribution is -0.444. The Labute approximate surface area is 188 Å². The summed E-state index contributed by atoms with van der Waals surface area (Å²) < 4.78 is 0. The molecule has 0 bridgehead atoms. The van der Waals surface area contributed by atoms with E-state index in [1.165, 1.54) is 11.1 Å². The normalized spacial score (nSPS) is 15.5. The van der Waals surface area contributed by atoms with Crippen LogP contribution in [0.4, 0.5) is 17.5 Å². The predicted octanol–water partition coefficient (Wildman–Crippen LogP) is 5.37. The second-order valence-corrected chi connectivity index (χ2v) is 8.03. The third kappa shape index (κ3) is 4.15. The van der Waals surface area contributed by atoms with Gasteiger partial charge in [-0.05, 0) is 54.3 Å². The number of fused-ring (bicyclic) bond motifs is 1. The number of anilines is 2. The van der Waals surface area contributed by atoms with Gasteiger partial charge in [-0.3, -0.25) is 0 Å². The van der Waals surface area contributed by atoms with Gasteiger partial charge in [0.25, 0.3) is 0 Å². The first-order chi connectivity index (χ1) is 15.7. The number of nitrogens with two attached hydrogens (primary N) is 1. The second kappa shape index (κ2) is 8.73. The fourth-order valence-electron chi connectivity index (χ4n) is 4.08. The van der Waals surface area contributed by atoms with Crippen molar-refractivity contribution in [2.75, 3.05) is 5.32 Å². The van der Waals surface area contributed by atoms with E-state index in [9.17, 15) is 0 Å². The number of amidine groups is 1. The maximum Gasteiger partial charge on any atom is 0.243 e. The molecule has 0 spiro atoms. The molecular formula is C27H26N5+. The molecule has 2 heterocycles. The van der Waals surface area contributed by atoms with Crippen LogP contribution < -0.4 is 10.6 Å². The minimum Gasteiger partial charge on any atom is -0.324 e. The summed E-state index contributed by atoms with van der Waals surface area (Å²) in [5, 5.41) is 6.49. The van der Waals surface area contributed by atoms with E-state index in [2.05, 4.69) is 73.0 Å². The SMILES string of the molecule is CC[C@@H]1N=C([NH2+]c2nc(Nc3cccc(-c4ccccc4)c3)nc3ccccc23)C=C1C. The average Bonchev–Trinajstić information content (AvgIpc) is 3.19. The van der Waals surface area contributed by atoms with Crippen LogP contribution in [0.15, 0.2) is 95.5 Å². The van der Waals surface area contributed by atoms with Crippen molar-refractivity contribution in [1.29, 1.82) is 0 Å². The molecule has 0 saturated heterocycles. The monoisotopic (exact) mass is 420 g/mol. The zero-order valence-electron chi connectivity index (χ0n) is 18.3. The summed E-state index contributed by atoms with van der Waals surface area (Å²) >= 11 is 0. The Kier molecular flexibility index (Phi) is 5.48. The summed E-state index contributed by atoms with van der Waals surface area (Å²) in [4.78, 5) is 14.4. The molecule has 1 aliphatic rings. The highest BCUT2D eigenvalue weighted by atomic mass is 15.2. The van der Waals surface area contributed by atoms with Gasteiger partial charge in [0.2, 0.25) is 17.6 Å². The summed E-state index contributed by atoms with van der Waals surface area (Å²) in [6, 6.07) is 27.0. The molecule has 5 heteroatoms. The molecule has 0 unspecified atom stereocenters. The van der Waals surface area contributed by atoms with Crippen molar-refractivity contribution in [3.8, 4) is 11.1 Å². The number of hydrogen-bond acceptors (Lipinski definition) is 4. The van der Waals surface area contributed by atoms with Gasteiger partial charge < -0.3 is 5.32 Å². The number of hydrogen-bond donors (Lipinski definition) is 2. The van der Waals surface area contributed by atoms with Crippen LogP contribution in [0.1, 0.15) is 20.3 Å². The minimum atomic E-state index is 0.271. The summed E-state index contributed by atoms with van der Waals surface area (Å²) in [6.07, 6.45) is 3.16. The van der Waals surface area contributed by atoms with E-state index in [1.807, 2.05) is 36.4 Å². The Morgan fingerprint density at radius 2 is 1.66 bits per heavy atom. The molecular weight excluding hydrogens is 394 g/mol. The van der Waals surface area contributed by atoms with Crippen LogP contribution in [0.25, 0.3) is 22.0 Å². The van der Waals surface area contributed by atoms with E-state index in [-0.39, 0.29) is 6.04 Å². The van der Waals surface area contributed by atoms with Crippen molar-refractivity contribution in [2.45, 2.75) is 26.3 Å². The lowest BCUT2D eigenvalue weighted by Crippen LogP contribution is -2.82. The highest BCUT2D eigenvalue weighted by molar-refractivity contribution is 5.93. The number of para-hydroxylation sites is 1. The van der Waals surface area contributed by atoms with Crippen LogP contribution in [0.3, 0.4) is 0 Å². The van der Waals surface area contributed by atoms with Gasteiger partial charge in [-0.1, -0.05) is 61.5 Å². The molecule has 0 fully saturated rings. The van der Waals surface area contributed by atoms with Crippen LogP contribution in [0, 0.1) is 0 Å². The number of quaternary nitrogens is 1. The molecule has 1 aliphatic heterocycles. The molecule has 5 nitrogen and oxygen atoms in total. The largest absolute Gasteiger partial charge is 0.324 e. The molecule has 0 amide bonds. The van der Waals surface area contributed by atoms with Crippen LogP contribution in [-0.2, 0) is 0 Å². The lowest BCUT2D eigenvalue weighted by Gasteiger charge is -2.10. The third-order valence-electron chi connectivity index (χ3n) is 5.74. The van der Waals surface area contributed by atoms with Gasteiger partial charge in [-0.2, -0.15) is 4.98 Å². The molecule has 1 atom stereocenters. The van der Waals surface area contributed by atoms with E-state index < -0.39 is 0 Å². The van der Waals surface area contributed by atoms with E-state index in [0.717, 1.165) is 40.2 Å². The van der Waals surface area contributed by atoms with Gasteiger partial charge in [0.15, 0.2) is 0 Å². The first-order valence-electron chi connectivity index (χ1n) is 11.0. The summed E-state index contributed by atoms with van der Waals surface area (Å²) in [5.41, 5.74) is 5.48. The van der Waals surface area contributed by atoms with Gasteiger partial charge >= 0.3 is 0 Å². The molecule has 3 N–H and O–H groups in total. The van der Waals surface area contributed by atoms with Crippen LogP contribution in [0.5, 0.6) is 0 Å². The number of rotatable bonds is 5. The van der Waals surface area contributed by atoms with E-state index in [1.54, 1.807) is 0 Å². The second-order valence-electron chi connectivity index (χ2n) is 8.03. The number of nitrogens with zero attached hydrogens (tertiary/aromatic N) is 3. The molecule has 0 radical (unpaired) electrons. The highest BCUT2D eigenvalue weighted by Crippen LogP contribution is 2.25. The van der Waals surface area contributed by atoms with Crippen LogP contribution >= 0.6 is 0 Å². The van der Waals surface area contributed by atoms with Crippen molar-refractivity contribution in [3.05, 3.63) is 90.5 Å². The smallest absolute Gasteiger partial charge is 0.243 e. The van der Waals surface area contributed by atoms with E-state index in [4.69, 9.17) is 15.0 Å². The molecule has 5 rings (SSSR count). The maximum absolute atomic E-state index is 4.85. The Balaban J connectivity index is 1.48. The maximum atomic E-state index is 4.85. The van der Waals surface area contributed by atoms with Crippen molar-refractivity contribution in [1.82, 2.24) is 9.97 Å². The van der Waals surface area contributed by atoms with Crippen molar-refractivity contribution in [2.24, 2.45) is 4.99 Å². The number of aromatic nitrogens is 2. The van der Waals surface area contributed by atoms with Crippen LogP contribution in [0.2, 0.25) is 0 Å². The number of benzene rings is 3. The number of nitrogens with one attached hydrogen (secondary N) is 1. The molecule has 32 heavy (non-hydrogen) atoms.